The summed E-state index contributed by atoms with van der Waals surface area (Å²) in [5.41, 5.74) is 1.17. The zero-order valence-corrected chi connectivity index (χ0v) is 10.6. The Labute approximate surface area is 117 Å². The van der Waals surface area contributed by atoms with Crippen molar-refractivity contribution in [1.29, 1.82) is 0 Å². The summed E-state index contributed by atoms with van der Waals surface area (Å²) >= 11 is 6.02. The highest BCUT2D eigenvalue weighted by molar-refractivity contribution is 6.33. The third-order valence-electron chi connectivity index (χ3n) is 2.55. The highest BCUT2D eigenvalue weighted by Crippen LogP contribution is 2.25. The van der Waals surface area contributed by atoms with Crippen LogP contribution in [0, 0.1) is 0 Å². The molecule has 2 N–H and O–H groups in total. The van der Waals surface area contributed by atoms with E-state index in [0.29, 0.717) is 17.2 Å². The first-order valence-corrected chi connectivity index (χ1v) is 5.86. The van der Waals surface area contributed by atoms with Crippen molar-refractivity contribution in [2.75, 3.05) is 5.32 Å². The van der Waals surface area contributed by atoms with Crippen molar-refractivity contribution in [3.63, 3.8) is 0 Å². The molecule has 0 spiro atoms. The largest absolute Gasteiger partial charge is 0.478 e. The zero-order valence-electron chi connectivity index (χ0n) is 9.86. The molecule has 9 heteroatoms. The topological polar surface area (TPSA) is 105 Å². The zero-order chi connectivity index (χ0) is 14.1. The second kappa shape index (κ2) is 4.74. The van der Waals surface area contributed by atoms with Gasteiger partial charge in [-0.3, -0.25) is 0 Å². The number of benzene rings is 1. The van der Waals surface area contributed by atoms with Gasteiger partial charge in [0.2, 0.25) is 0 Å². The Bertz CT molecular complexity index is 802. The average Bonchev–Trinajstić information content (AvgIpc) is 2.88. The van der Waals surface area contributed by atoms with Crippen LogP contribution < -0.4 is 5.32 Å². The van der Waals surface area contributed by atoms with E-state index in [1.807, 2.05) is 0 Å². The van der Waals surface area contributed by atoms with Crippen molar-refractivity contribution in [3.05, 3.63) is 40.9 Å². The molecule has 1 aromatic carbocycles. The summed E-state index contributed by atoms with van der Waals surface area (Å²) in [4.78, 5) is 10.8. The number of anilines is 2. The average molecular weight is 291 g/mol. The van der Waals surface area contributed by atoms with Gasteiger partial charge < -0.3 is 10.4 Å². The van der Waals surface area contributed by atoms with Gasteiger partial charge in [0.15, 0.2) is 11.5 Å². The minimum absolute atomic E-state index is 0.115. The Morgan fingerprint density at radius 2 is 2.15 bits per heavy atom. The van der Waals surface area contributed by atoms with E-state index in [1.165, 1.54) is 16.8 Å². The maximum absolute atomic E-state index is 10.8. The number of nitrogens with zero attached hydrogens (tertiary/aromatic N) is 5. The Morgan fingerprint density at radius 3 is 2.90 bits per heavy atom. The van der Waals surface area contributed by atoms with E-state index in [-0.39, 0.29) is 10.6 Å². The van der Waals surface area contributed by atoms with Crippen LogP contribution in [0.25, 0.3) is 5.65 Å². The summed E-state index contributed by atoms with van der Waals surface area (Å²) in [6.45, 7) is 0. The molecule has 0 radical (unpaired) electrons. The monoisotopic (exact) mass is 290 g/mol. The minimum atomic E-state index is -1.04. The van der Waals surface area contributed by atoms with E-state index in [9.17, 15) is 4.79 Å². The third kappa shape index (κ3) is 2.24. The summed E-state index contributed by atoms with van der Waals surface area (Å²) < 4.78 is 1.27. The molecular formula is C11H7ClN6O2. The number of aromatic carboxylic acids is 1. The molecule has 0 aliphatic heterocycles. The van der Waals surface area contributed by atoms with Gasteiger partial charge in [-0.05, 0) is 40.8 Å². The van der Waals surface area contributed by atoms with Gasteiger partial charge in [-0.2, -0.15) is 0 Å². The van der Waals surface area contributed by atoms with Gasteiger partial charge in [-0.1, -0.05) is 11.6 Å². The van der Waals surface area contributed by atoms with Crippen molar-refractivity contribution in [2.45, 2.75) is 0 Å². The maximum atomic E-state index is 10.8. The molecule has 2 aromatic heterocycles. The lowest BCUT2D eigenvalue weighted by Crippen LogP contribution is -2.01. The maximum Gasteiger partial charge on any atom is 0.335 e. The molecule has 2 heterocycles. The fraction of sp³-hybridized carbons (Fsp3) is 0. The van der Waals surface area contributed by atoms with Gasteiger partial charge in [0.05, 0.1) is 16.3 Å². The molecular weight excluding hydrogens is 284 g/mol. The van der Waals surface area contributed by atoms with Gasteiger partial charge in [0.1, 0.15) is 0 Å². The fourth-order valence-corrected chi connectivity index (χ4v) is 1.83. The Kier molecular flexibility index (Phi) is 2.92. The number of rotatable bonds is 3. The second-order valence-corrected chi connectivity index (χ2v) is 4.28. The lowest BCUT2D eigenvalue weighted by molar-refractivity contribution is 0.0697. The Morgan fingerprint density at radius 1 is 1.30 bits per heavy atom. The van der Waals surface area contributed by atoms with Crippen LogP contribution in [0.5, 0.6) is 0 Å². The Hall–Kier alpha value is -2.74. The number of nitrogens with one attached hydrogen (secondary N) is 1. The molecule has 0 aliphatic rings. The van der Waals surface area contributed by atoms with Crippen molar-refractivity contribution in [2.24, 2.45) is 0 Å². The van der Waals surface area contributed by atoms with Crippen LogP contribution in [0.2, 0.25) is 5.02 Å². The normalized spacial score (nSPS) is 10.7. The molecule has 0 fully saturated rings. The third-order valence-corrected chi connectivity index (χ3v) is 2.86. The van der Waals surface area contributed by atoms with Gasteiger partial charge in [-0.25, -0.2) is 4.79 Å². The smallest absolute Gasteiger partial charge is 0.335 e. The predicted molar refractivity (Wildman–Crippen MR) is 70.3 cm³/mol. The number of aromatic nitrogens is 5. The summed E-state index contributed by atoms with van der Waals surface area (Å²) in [6.07, 6.45) is 0. The van der Waals surface area contributed by atoms with E-state index in [2.05, 4.69) is 25.9 Å². The van der Waals surface area contributed by atoms with Gasteiger partial charge in [0.25, 0.3) is 0 Å². The van der Waals surface area contributed by atoms with Crippen LogP contribution in [0.15, 0.2) is 30.3 Å². The van der Waals surface area contributed by atoms with Crippen LogP contribution in [-0.2, 0) is 0 Å². The van der Waals surface area contributed by atoms with Gasteiger partial charge >= 0.3 is 5.97 Å². The van der Waals surface area contributed by atoms with Crippen LogP contribution in [-0.4, -0.2) is 36.3 Å². The van der Waals surface area contributed by atoms with Crippen LogP contribution >= 0.6 is 11.6 Å². The highest BCUT2D eigenvalue weighted by Gasteiger charge is 2.08. The first-order chi connectivity index (χ1) is 9.63. The summed E-state index contributed by atoms with van der Waals surface area (Å²) in [5.74, 6) is -0.554. The SMILES string of the molecule is O=C(O)c1ccc(Nc2ccc3nnnn3n2)c(Cl)c1. The molecule has 0 saturated heterocycles. The molecule has 20 heavy (non-hydrogen) atoms. The first-order valence-electron chi connectivity index (χ1n) is 5.49. The second-order valence-electron chi connectivity index (χ2n) is 3.87. The van der Waals surface area contributed by atoms with E-state index in [0.717, 1.165) is 0 Å². The number of hydrogen-bond donors (Lipinski definition) is 2. The van der Waals surface area contributed by atoms with E-state index in [1.54, 1.807) is 18.2 Å². The summed E-state index contributed by atoms with van der Waals surface area (Å²) in [7, 11) is 0. The lowest BCUT2D eigenvalue weighted by atomic mass is 10.2. The number of carboxylic acids is 1. The molecule has 0 unspecified atom stereocenters. The van der Waals surface area contributed by atoms with E-state index < -0.39 is 5.97 Å². The van der Waals surface area contributed by atoms with Gasteiger partial charge in [0, 0.05) is 0 Å². The van der Waals surface area contributed by atoms with Gasteiger partial charge in [-0.15, -0.1) is 14.8 Å². The van der Waals surface area contributed by atoms with Crippen LogP contribution in [0.4, 0.5) is 11.5 Å². The van der Waals surface area contributed by atoms with E-state index >= 15 is 0 Å². The summed E-state index contributed by atoms with van der Waals surface area (Å²) in [6, 6.07) is 7.76. The van der Waals surface area contributed by atoms with Crippen LogP contribution in [0.1, 0.15) is 10.4 Å². The number of carbonyl (C=O) groups is 1. The summed E-state index contributed by atoms with van der Waals surface area (Å²) in [5, 5.41) is 27.1. The molecule has 3 aromatic rings. The number of hydrogen-bond acceptors (Lipinski definition) is 6. The highest BCUT2D eigenvalue weighted by atomic mass is 35.5. The molecule has 0 bridgehead atoms. The molecule has 0 saturated carbocycles. The minimum Gasteiger partial charge on any atom is -0.478 e. The van der Waals surface area contributed by atoms with Crippen molar-refractivity contribution in [1.82, 2.24) is 25.3 Å². The molecule has 0 amide bonds. The number of carboxylic acid groups (broad SMARTS) is 1. The lowest BCUT2D eigenvalue weighted by Gasteiger charge is -2.07. The number of halogens is 1. The molecule has 100 valence electrons. The predicted octanol–water partition coefficient (Wildman–Crippen LogP) is 1.61. The number of tetrazole rings is 1. The molecule has 0 atom stereocenters. The van der Waals surface area contributed by atoms with E-state index in [4.69, 9.17) is 16.7 Å². The first kappa shape index (κ1) is 12.3. The molecule has 3 rings (SSSR count). The standard InChI is InChI=1S/C11H7ClN6O2/c12-7-5-6(11(19)20)1-2-8(7)13-9-3-4-10-14-16-17-18(10)15-9/h1-5H,(H,13,15)(H,19,20). The fourth-order valence-electron chi connectivity index (χ4n) is 1.60. The number of fused-ring (bicyclic) bond motifs is 1. The van der Waals surface area contributed by atoms with Crippen molar-refractivity contribution >= 4 is 34.7 Å². The van der Waals surface area contributed by atoms with Crippen molar-refractivity contribution < 1.29 is 9.90 Å². The van der Waals surface area contributed by atoms with Crippen LogP contribution in [0.3, 0.4) is 0 Å². The molecule has 8 nitrogen and oxygen atoms in total. The molecule has 0 aliphatic carbocycles. The quantitative estimate of drug-likeness (QED) is 0.755. The van der Waals surface area contributed by atoms with Crippen molar-refractivity contribution in [3.8, 4) is 0 Å². The Balaban J connectivity index is 1.92.